The monoisotopic (exact) mass is 303 g/mol. The van der Waals surface area contributed by atoms with E-state index < -0.39 is 0 Å². The Kier molecular flexibility index (Phi) is 8.88. The quantitative estimate of drug-likeness (QED) is 0.520. The lowest BCUT2D eigenvalue weighted by Gasteiger charge is -2.26. The molecule has 0 bridgehead atoms. The minimum atomic E-state index is -0.130. The highest BCUT2D eigenvalue weighted by molar-refractivity contribution is 5.94. The maximum Gasteiger partial charge on any atom is 0.251 e. The van der Waals surface area contributed by atoms with Crippen LogP contribution in [0.1, 0.15) is 88.9 Å². The maximum absolute atomic E-state index is 12.2. The summed E-state index contributed by atoms with van der Waals surface area (Å²) in [4.78, 5) is 12.2. The number of hydrogen-bond donors (Lipinski definition) is 1. The van der Waals surface area contributed by atoms with Crippen LogP contribution in [0.4, 0.5) is 0 Å². The fourth-order valence-electron chi connectivity index (χ4n) is 2.73. The molecule has 0 saturated carbocycles. The fourth-order valence-corrected chi connectivity index (χ4v) is 2.73. The molecular weight excluding hydrogens is 270 g/mol. The summed E-state index contributed by atoms with van der Waals surface area (Å²) in [6, 6.07) is 9.47. The van der Waals surface area contributed by atoms with E-state index in [1.54, 1.807) is 0 Å². The van der Waals surface area contributed by atoms with E-state index in [-0.39, 0.29) is 11.4 Å². The number of nitrogens with one attached hydrogen (secondary N) is 1. The van der Waals surface area contributed by atoms with E-state index in [9.17, 15) is 4.79 Å². The van der Waals surface area contributed by atoms with Crippen LogP contribution in [0.5, 0.6) is 0 Å². The van der Waals surface area contributed by atoms with Crippen LogP contribution in [0, 0.1) is 0 Å². The molecule has 0 heterocycles. The lowest BCUT2D eigenvalue weighted by atomic mass is 9.95. The molecule has 1 aromatic rings. The Morgan fingerprint density at radius 1 is 0.909 bits per heavy atom. The Labute approximate surface area is 136 Å². The van der Waals surface area contributed by atoms with Crippen LogP contribution < -0.4 is 5.32 Å². The largest absolute Gasteiger partial charge is 0.347 e. The van der Waals surface area contributed by atoms with Crippen molar-refractivity contribution in [3.8, 4) is 0 Å². The number of hydrogen-bond acceptors (Lipinski definition) is 1. The SMILES string of the molecule is CCCCCCCCCCC(C)(C)NC(=O)c1ccccc1. The number of carbonyl (C=O) groups is 1. The van der Waals surface area contributed by atoms with Crippen molar-refractivity contribution < 1.29 is 4.79 Å². The Balaban J connectivity index is 2.17. The first-order valence-electron chi connectivity index (χ1n) is 8.93. The van der Waals surface area contributed by atoms with Crippen LogP contribution in [-0.2, 0) is 0 Å². The zero-order chi connectivity index (χ0) is 16.3. The van der Waals surface area contributed by atoms with Gasteiger partial charge in [-0.25, -0.2) is 0 Å². The Bertz CT molecular complexity index is 411. The highest BCUT2D eigenvalue weighted by Gasteiger charge is 2.20. The predicted molar refractivity (Wildman–Crippen MR) is 95.2 cm³/mol. The molecule has 1 rings (SSSR count). The first kappa shape index (κ1) is 18.7. The molecule has 0 aliphatic heterocycles. The topological polar surface area (TPSA) is 29.1 Å². The van der Waals surface area contributed by atoms with E-state index in [1.165, 1.54) is 51.4 Å². The van der Waals surface area contributed by atoms with Crippen LogP contribution in [0.15, 0.2) is 30.3 Å². The molecule has 0 aliphatic carbocycles. The van der Waals surface area contributed by atoms with Gasteiger partial charge in [-0.2, -0.15) is 0 Å². The second-order valence-corrected chi connectivity index (χ2v) is 6.93. The van der Waals surface area contributed by atoms with Gasteiger partial charge in [0, 0.05) is 11.1 Å². The van der Waals surface area contributed by atoms with Crippen LogP contribution in [0.2, 0.25) is 0 Å². The smallest absolute Gasteiger partial charge is 0.251 e. The summed E-state index contributed by atoms with van der Waals surface area (Å²) >= 11 is 0. The van der Waals surface area contributed by atoms with Gasteiger partial charge < -0.3 is 5.32 Å². The van der Waals surface area contributed by atoms with Crippen molar-refractivity contribution in [2.24, 2.45) is 0 Å². The van der Waals surface area contributed by atoms with Gasteiger partial charge in [0.15, 0.2) is 0 Å². The Hall–Kier alpha value is -1.31. The van der Waals surface area contributed by atoms with Crippen LogP contribution in [-0.4, -0.2) is 11.4 Å². The molecule has 0 radical (unpaired) electrons. The number of amides is 1. The van der Waals surface area contributed by atoms with Crippen molar-refractivity contribution in [1.82, 2.24) is 5.32 Å². The predicted octanol–water partition coefficient (Wildman–Crippen LogP) is 5.73. The molecule has 1 amide bonds. The Morgan fingerprint density at radius 3 is 2.05 bits per heavy atom. The molecule has 2 nitrogen and oxygen atoms in total. The second kappa shape index (κ2) is 10.4. The van der Waals surface area contributed by atoms with Gasteiger partial charge in [0.1, 0.15) is 0 Å². The zero-order valence-corrected chi connectivity index (χ0v) is 14.7. The molecule has 2 heteroatoms. The summed E-state index contributed by atoms with van der Waals surface area (Å²) in [5.74, 6) is 0.0326. The van der Waals surface area contributed by atoms with Crippen LogP contribution >= 0.6 is 0 Å². The molecule has 0 aliphatic rings. The summed E-state index contributed by atoms with van der Waals surface area (Å²) in [6.07, 6.45) is 11.6. The first-order valence-corrected chi connectivity index (χ1v) is 8.93. The minimum Gasteiger partial charge on any atom is -0.347 e. The van der Waals surface area contributed by atoms with Gasteiger partial charge in [-0.05, 0) is 32.4 Å². The van der Waals surface area contributed by atoms with Crippen molar-refractivity contribution in [2.75, 3.05) is 0 Å². The minimum absolute atomic E-state index is 0.0326. The van der Waals surface area contributed by atoms with Gasteiger partial charge >= 0.3 is 0 Å². The standard InChI is InChI=1S/C20H33NO/c1-4-5-6-7-8-9-10-14-17-20(2,3)21-19(22)18-15-12-11-13-16-18/h11-13,15-16H,4-10,14,17H2,1-3H3,(H,21,22). The van der Waals surface area contributed by atoms with E-state index >= 15 is 0 Å². The van der Waals surface area contributed by atoms with Gasteiger partial charge in [-0.1, -0.05) is 76.5 Å². The molecular formula is C20H33NO. The number of unbranched alkanes of at least 4 members (excludes halogenated alkanes) is 7. The Morgan fingerprint density at radius 2 is 1.45 bits per heavy atom. The van der Waals surface area contributed by atoms with E-state index in [1.807, 2.05) is 30.3 Å². The molecule has 1 aromatic carbocycles. The van der Waals surface area contributed by atoms with Gasteiger partial charge in [-0.15, -0.1) is 0 Å². The fraction of sp³-hybridized carbons (Fsp3) is 0.650. The van der Waals surface area contributed by atoms with Crippen molar-refractivity contribution in [2.45, 2.75) is 84.1 Å². The van der Waals surface area contributed by atoms with E-state index in [4.69, 9.17) is 0 Å². The molecule has 124 valence electrons. The third kappa shape index (κ3) is 8.21. The number of rotatable bonds is 11. The van der Waals surface area contributed by atoms with E-state index in [0.717, 1.165) is 12.0 Å². The number of carbonyl (C=O) groups excluding carboxylic acids is 1. The molecule has 0 fully saturated rings. The van der Waals surface area contributed by atoms with Gasteiger partial charge in [-0.3, -0.25) is 4.79 Å². The molecule has 0 aromatic heterocycles. The van der Waals surface area contributed by atoms with E-state index in [2.05, 4.69) is 26.1 Å². The summed E-state index contributed by atoms with van der Waals surface area (Å²) in [6.45, 7) is 6.50. The lowest BCUT2D eigenvalue weighted by molar-refractivity contribution is 0.0908. The van der Waals surface area contributed by atoms with Crippen molar-refractivity contribution >= 4 is 5.91 Å². The third-order valence-electron chi connectivity index (χ3n) is 4.14. The summed E-state index contributed by atoms with van der Waals surface area (Å²) < 4.78 is 0. The average Bonchev–Trinajstić information content (AvgIpc) is 2.50. The summed E-state index contributed by atoms with van der Waals surface area (Å²) in [5, 5.41) is 3.15. The first-order chi connectivity index (χ1) is 10.5. The summed E-state index contributed by atoms with van der Waals surface area (Å²) in [7, 11) is 0. The molecule has 1 N–H and O–H groups in total. The van der Waals surface area contributed by atoms with Crippen molar-refractivity contribution in [3.05, 3.63) is 35.9 Å². The van der Waals surface area contributed by atoms with Crippen molar-refractivity contribution in [3.63, 3.8) is 0 Å². The van der Waals surface area contributed by atoms with Gasteiger partial charge in [0.05, 0.1) is 0 Å². The zero-order valence-electron chi connectivity index (χ0n) is 14.7. The highest BCUT2D eigenvalue weighted by Crippen LogP contribution is 2.17. The highest BCUT2D eigenvalue weighted by atomic mass is 16.1. The maximum atomic E-state index is 12.2. The van der Waals surface area contributed by atoms with Crippen LogP contribution in [0.25, 0.3) is 0 Å². The molecule has 0 saturated heterocycles. The van der Waals surface area contributed by atoms with Crippen LogP contribution in [0.3, 0.4) is 0 Å². The molecule has 22 heavy (non-hydrogen) atoms. The summed E-state index contributed by atoms with van der Waals surface area (Å²) in [5.41, 5.74) is 0.612. The van der Waals surface area contributed by atoms with Crippen molar-refractivity contribution in [1.29, 1.82) is 0 Å². The lowest BCUT2D eigenvalue weighted by Crippen LogP contribution is -2.43. The third-order valence-corrected chi connectivity index (χ3v) is 4.14. The second-order valence-electron chi connectivity index (χ2n) is 6.93. The molecule has 0 atom stereocenters. The average molecular weight is 303 g/mol. The molecule has 0 unspecified atom stereocenters. The normalized spacial score (nSPS) is 11.4. The van der Waals surface area contributed by atoms with Gasteiger partial charge in [0.2, 0.25) is 0 Å². The van der Waals surface area contributed by atoms with Gasteiger partial charge in [0.25, 0.3) is 5.91 Å². The number of benzene rings is 1. The molecule has 0 spiro atoms. The van der Waals surface area contributed by atoms with E-state index in [0.29, 0.717) is 0 Å².